The minimum absolute atomic E-state index is 0.479. The van der Waals surface area contributed by atoms with Crippen LogP contribution < -0.4 is 0 Å². The molecule has 1 aliphatic rings. The van der Waals surface area contributed by atoms with E-state index >= 15 is 0 Å². The van der Waals surface area contributed by atoms with Crippen molar-refractivity contribution in [2.24, 2.45) is 0 Å². The first-order valence-electron chi connectivity index (χ1n) is 6.21. The van der Waals surface area contributed by atoms with Gasteiger partial charge in [-0.25, -0.2) is 9.78 Å². The van der Waals surface area contributed by atoms with Crippen LogP contribution in [0.4, 0.5) is 4.79 Å². The largest absolute Gasteiger partial charge is 0.465 e. The van der Waals surface area contributed by atoms with E-state index in [4.69, 9.17) is 5.11 Å². The number of hydrogen-bond donors (Lipinski definition) is 1. The van der Waals surface area contributed by atoms with E-state index in [2.05, 4.69) is 29.1 Å². The monoisotopic (exact) mass is 269 g/mol. The number of amides is 1. The molecule has 0 aromatic carbocycles. The smallest absolute Gasteiger partial charge is 0.407 e. The van der Waals surface area contributed by atoms with Crippen molar-refractivity contribution >= 4 is 17.4 Å². The molecule has 1 aliphatic heterocycles. The normalized spacial score (nSPS) is 17.4. The van der Waals surface area contributed by atoms with Crippen LogP contribution in [0.1, 0.15) is 30.5 Å². The van der Waals surface area contributed by atoms with Crippen LogP contribution >= 0.6 is 11.3 Å². The second-order valence-corrected chi connectivity index (χ2v) is 5.77. The van der Waals surface area contributed by atoms with Crippen molar-refractivity contribution in [1.82, 2.24) is 14.8 Å². The molecular weight excluding hydrogens is 250 g/mol. The van der Waals surface area contributed by atoms with Crippen LogP contribution in [-0.2, 0) is 6.54 Å². The van der Waals surface area contributed by atoms with Crippen LogP contribution in [0.5, 0.6) is 0 Å². The van der Waals surface area contributed by atoms with Gasteiger partial charge in [-0.3, -0.25) is 4.90 Å². The van der Waals surface area contributed by atoms with E-state index in [9.17, 15) is 4.79 Å². The standard InChI is InChI=1S/C12H19N3O2S/c1-9(2)11-13-10(8-18-11)7-14-3-5-15(6-4-14)12(16)17/h8-9H,3-7H2,1-2H3,(H,16,17). The van der Waals surface area contributed by atoms with Crippen LogP contribution in [0.15, 0.2) is 5.38 Å². The lowest BCUT2D eigenvalue weighted by molar-refractivity contribution is 0.102. The highest BCUT2D eigenvalue weighted by Gasteiger charge is 2.20. The summed E-state index contributed by atoms with van der Waals surface area (Å²) in [5, 5.41) is 12.2. The SMILES string of the molecule is CC(C)c1nc(CN2CCN(C(=O)O)CC2)cs1. The molecule has 1 fully saturated rings. The van der Waals surface area contributed by atoms with Gasteiger partial charge >= 0.3 is 6.09 Å². The van der Waals surface area contributed by atoms with E-state index in [-0.39, 0.29) is 0 Å². The molecule has 2 rings (SSSR count). The zero-order valence-corrected chi connectivity index (χ0v) is 11.6. The van der Waals surface area contributed by atoms with Crippen molar-refractivity contribution in [2.75, 3.05) is 26.2 Å². The number of hydrogen-bond acceptors (Lipinski definition) is 4. The van der Waals surface area contributed by atoms with Gasteiger partial charge in [0.2, 0.25) is 0 Å². The fourth-order valence-corrected chi connectivity index (χ4v) is 2.81. The van der Waals surface area contributed by atoms with Gasteiger partial charge in [0.25, 0.3) is 0 Å². The molecular formula is C12H19N3O2S. The molecule has 0 aliphatic carbocycles. The molecule has 100 valence electrons. The Bertz CT molecular complexity index is 411. The average Bonchev–Trinajstić information content (AvgIpc) is 2.78. The Labute approximate surface area is 111 Å². The lowest BCUT2D eigenvalue weighted by Gasteiger charge is -2.32. The van der Waals surface area contributed by atoms with E-state index in [1.54, 1.807) is 11.3 Å². The molecule has 1 aromatic heterocycles. The summed E-state index contributed by atoms with van der Waals surface area (Å²) in [7, 11) is 0. The topological polar surface area (TPSA) is 56.7 Å². The highest BCUT2D eigenvalue weighted by Crippen LogP contribution is 2.20. The number of carboxylic acid groups (broad SMARTS) is 1. The van der Waals surface area contributed by atoms with Crippen LogP contribution in [-0.4, -0.2) is 52.2 Å². The summed E-state index contributed by atoms with van der Waals surface area (Å²) in [6.07, 6.45) is -0.814. The van der Waals surface area contributed by atoms with Crippen molar-refractivity contribution in [3.05, 3.63) is 16.1 Å². The van der Waals surface area contributed by atoms with Gasteiger partial charge in [0.15, 0.2) is 0 Å². The molecule has 0 spiro atoms. The minimum atomic E-state index is -0.814. The number of piperazine rings is 1. The van der Waals surface area contributed by atoms with Crippen LogP contribution in [0.25, 0.3) is 0 Å². The van der Waals surface area contributed by atoms with Gasteiger partial charge < -0.3 is 10.0 Å². The molecule has 0 unspecified atom stereocenters. The molecule has 6 heteroatoms. The zero-order chi connectivity index (χ0) is 13.1. The van der Waals surface area contributed by atoms with Gasteiger partial charge in [-0.2, -0.15) is 0 Å². The second-order valence-electron chi connectivity index (χ2n) is 4.88. The first-order valence-corrected chi connectivity index (χ1v) is 7.08. The van der Waals surface area contributed by atoms with Gasteiger partial charge in [0, 0.05) is 44.0 Å². The highest BCUT2D eigenvalue weighted by molar-refractivity contribution is 7.09. The molecule has 1 amide bonds. The molecule has 0 atom stereocenters. The van der Waals surface area contributed by atoms with Crippen LogP contribution in [0.2, 0.25) is 0 Å². The Kier molecular flexibility index (Phi) is 4.19. The number of nitrogens with zero attached hydrogens (tertiary/aromatic N) is 3. The van der Waals surface area contributed by atoms with Crippen LogP contribution in [0.3, 0.4) is 0 Å². The molecule has 0 bridgehead atoms. The van der Waals surface area contributed by atoms with E-state index in [0.29, 0.717) is 19.0 Å². The molecule has 18 heavy (non-hydrogen) atoms. The molecule has 0 radical (unpaired) electrons. The third kappa shape index (κ3) is 3.20. The van der Waals surface area contributed by atoms with E-state index in [0.717, 1.165) is 25.3 Å². The number of thiazole rings is 1. The predicted octanol–water partition coefficient (Wildman–Crippen LogP) is 2.06. The predicted molar refractivity (Wildman–Crippen MR) is 71.1 cm³/mol. The summed E-state index contributed by atoms with van der Waals surface area (Å²) in [5.74, 6) is 0.479. The van der Waals surface area contributed by atoms with Crippen molar-refractivity contribution in [1.29, 1.82) is 0 Å². The summed E-state index contributed by atoms with van der Waals surface area (Å²) in [5.41, 5.74) is 1.10. The quantitative estimate of drug-likeness (QED) is 0.912. The minimum Gasteiger partial charge on any atom is -0.465 e. The molecule has 1 aromatic rings. The Morgan fingerprint density at radius 3 is 2.61 bits per heavy atom. The second kappa shape index (κ2) is 5.67. The Hall–Kier alpha value is -1.14. The summed E-state index contributed by atoms with van der Waals surface area (Å²) < 4.78 is 0. The summed E-state index contributed by atoms with van der Waals surface area (Å²) >= 11 is 1.71. The first kappa shape index (κ1) is 13.3. The Morgan fingerprint density at radius 1 is 1.44 bits per heavy atom. The maximum absolute atomic E-state index is 10.8. The summed E-state index contributed by atoms with van der Waals surface area (Å²) in [4.78, 5) is 19.1. The van der Waals surface area contributed by atoms with Gasteiger partial charge in [0.05, 0.1) is 10.7 Å². The third-order valence-corrected chi connectivity index (χ3v) is 4.29. The lowest BCUT2D eigenvalue weighted by atomic mass is 10.2. The number of carbonyl (C=O) groups is 1. The maximum Gasteiger partial charge on any atom is 0.407 e. The molecule has 5 nitrogen and oxygen atoms in total. The van der Waals surface area contributed by atoms with Gasteiger partial charge in [-0.1, -0.05) is 13.8 Å². The summed E-state index contributed by atoms with van der Waals surface area (Å²) in [6, 6.07) is 0. The summed E-state index contributed by atoms with van der Waals surface area (Å²) in [6.45, 7) is 7.90. The van der Waals surface area contributed by atoms with Crippen molar-refractivity contribution in [3.63, 3.8) is 0 Å². The Balaban J connectivity index is 1.85. The van der Waals surface area contributed by atoms with Gasteiger partial charge in [-0.15, -0.1) is 11.3 Å². The maximum atomic E-state index is 10.8. The van der Waals surface area contributed by atoms with E-state index < -0.39 is 6.09 Å². The van der Waals surface area contributed by atoms with E-state index in [1.165, 1.54) is 9.91 Å². The van der Waals surface area contributed by atoms with Crippen molar-refractivity contribution in [2.45, 2.75) is 26.3 Å². The fraction of sp³-hybridized carbons (Fsp3) is 0.667. The van der Waals surface area contributed by atoms with Crippen LogP contribution in [0, 0.1) is 0 Å². The van der Waals surface area contributed by atoms with Crippen molar-refractivity contribution < 1.29 is 9.90 Å². The third-order valence-electron chi connectivity index (χ3n) is 3.09. The van der Waals surface area contributed by atoms with Crippen molar-refractivity contribution in [3.8, 4) is 0 Å². The molecule has 0 saturated carbocycles. The lowest BCUT2D eigenvalue weighted by Crippen LogP contribution is -2.47. The zero-order valence-electron chi connectivity index (χ0n) is 10.8. The highest BCUT2D eigenvalue weighted by atomic mass is 32.1. The fourth-order valence-electron chi connectivity index (χ4n) is 1.99. The van der Waals surface area contributed by atoms with E-state index in [1.807, 2.05) is 0 Å². The number of rotatable bonds is 3. The molecule has 2 heterocycles. The van der Waals surface area contributed by atoms with Gasteiger partial charge in [0.1, 0.15) is 0 Å². The molecule has 1 saturated heterocycles. The first-order chi connectivity index (χ1) is 8.56. The molecule has 1 N–H and O–H groups in total. The Morgan fingerprint density at radius 2 is 2.11 bits per heavy atom. The average molecular weight is 269 g/mol. The number of aromatic nitrogens is 1. The van der Waals surface area contributed by atoms with Gasteiger partial charge in [-0.05, 0) is 0 Å².